The summed E-state index contributed by atoms with van der Waals surface area (Å²) < 4.78 is 5.92. The van der Waals surface area contributed by atoms with Crippen molar-refractivity contribution in [2.75, 3.05) is 13.2 Å². The predicted molar refractivity (Wildman–Crippen MR) is 85.4 cm³/mol. The molecule has 0 saturated heterocycles. The molecular weight excluding hydrogens is 246 g/mol. The molecule has 1 N–H and O–H groups in total. The van der Waals surface area contributed by atoms with Crippen molar-refractivity contribution < 1.29 is 4.74 Å². The lowest BCUT2D eigenvalue weighted by molar-refractivity contribution is 0.302. The van der Waals surface area contributed by atoms with Crippen LogP contribution < -0.4 is 10.1 Å². The summed E-state index contributed by atoms with van der Waals surface area (Å²) in [6, 6.07) is 7.11. The van der Waals surface area contributed by atoms with Gasteiger partial charge in [-0.05, 0) is 30.9 Å². The Labute approximate surface area is 123 Å². The molecule has 0 saturated carbocycles. The highest BCUT2D eigenvalue weighted by Crippen LogP contribution is 2.38. The molecule has 20 heavy (non-hydrogen) atoms. The van der Waals surface area contributed by atoms with E-state index >= 15 is 0 Å². The number of rotatable bonds is 8. The lowest BCUT2D eigenvalue weighted by atomic mass is 9.85. The molecule has 2 heteroatoms. The largest absolute Gasteiger partial charge is 0.493 e. The standard InChI is InChI=1S/C18H29NO/c1-4-8-14(9-5-2)17(19-6-3)16-11-7-10-15-12-13-20-18(15)16/h7,10-11,14,17,19H,4-6,8-9,12-13H2,1-3H3. The van der Waals surface area contributed by atoms with Gasteiger partial charge in [0.1, 0.15) is 5.75 Å². The molecule has 2 nitrogen and oxygen atoms in total. The van der Waals surface area contributed by atoms with Gasteiger partial charge >= 0.3 is 0 Å². The Bertz CT molecular complexity index is 410. The Morgan fingerprint density at radius 3 is 2.55 bits per heavy atom. The topological polar surface area (TPSA) is 21.3 Å². The summed E-state index contributed by atoms with van der Waals surface area (Å²) >= 11 is 0. The maximum absolute atomic E-state index is 5.92. The number of para-hydroxylation sites is 1. The summed E-state index contributed by atoms with van der Waals surface area (Å²) in [6.45, 7) is 8.64. The zero-order valence-corrected chi connectivity index (χ0v) is 13.2. The normalized spacial score (nSPS) is 15.2. The molecule has 1 aliphatic rings. The van der Waals surface area contributed by atoms with E-state index in [2.05, 4.69) is 44.3 Å². The van der Waals surface area contributed by atoms with Gasteiger partial charge in [-0.1, -0.05) is 51.8 Å². The zero-order chi connectivity index (χ0) is 14.4. The Morgan fingerprint density at radius 1 is 1.15 bits per heavy atom. The molecule has 1 aromatic rings. The van der Waals surface area contributed by atoms with E-state index in [1.165, 1.54) is 36.8 Å². The van der Waals surface area contributed by atoms with Crippen molar-refractivity contribution >= 4 is 0 Å². The van der Waals surface area contributed by atoms with E-state index in [0.717, 1.165) is 25.3 Å². The fourth-order valence-corrected chi connectivity index (χ4v) is 3.46. The maximum Gasteiger partial charge on any atom is 0.127 e. The summed E-state index contributed by atoms with van der Waals surface area (Å²) in [5.41, 5.74) is 2.77. The molecule has 0 aliphatic carbocycles. The Balaban J connectivity index is 2.29. The first-order valence-electron chi connectivity index (χ1n) is 8.29. The molecule has 2 rings (SSSR count). The number of nitrogens with one attached hydrogen (secondary N) is 1. The molecule has 0 spiro atoms. The highest BCUT2D eigenvalue weighted by Gasteiger charge is 2.27. The Hall–Kier alpha value is -1.02. The molecule has 0 bridgehead atoms. The van der Waals surface area contributed by atoms with Crippen LogP contribution in [0.3, 0.4) is 0 Å². The quantitative estimate of drug-likeness (QED) is 0.755. The van der Waals surface area contributed by atoms with Crippen molar-refractivity contribution in [3.63, 3.8) is 0 Å². The van der Waals surface area contributed by atoms with Crippen LogP contribution in [0.2, 0.25) is 0 Å². The van der Waals surface area contributed by atoms with Crippen LogP contribution in [0, 0.1) is 5.92 Å². The third-order valence-corrected chi connectivity index (χ3v) is 4.29. The minimum Gasteiger partial charge on any atom is -0.493 e. The van der Waals surface area contributed by atoms with E-state index in [4.69, 9.17) is 4.74 Å². The summed E-state index contributed by atoms with van der Waals surface area (Å²) in [5.74, 6) is 1.87. The van der Waals surface area contributed by atoms with E-state index in [9.17, 15) is 0 Å². The van der Waals surface area contributed by atoms with Gasteiger partial charge in [0.25, 0.3) is 0 Å². The van der Waals surface area contributed by atoms with Gasteiger partial charge in [-0.2, -0.15) is 0 Å². The first kappa shape index (κ1) is 15.4. The Morgan fingerprint density at radius 2 is 1.90 bits per heavy atom. The molecular formula is C18H29NO. The third-order valence-electron chi connectivity index (χ3n) is 4.29. The van der Waals surface area contributed by atoms with Crippen LogP contribution >= 0.6 is 0 Å². The first-order chi connectivity index (χ1) is 9.81. The van der Waals surface area contributed by atoms with Gasteiger partial charge < -0.3 is 10.1 Å². The van der Waals surface area contributed by atoms with E-state index in [-0.39, 0.29) is 0 Å². The van der Waals surface area contributed by atoms with Gasteiger partial charge in [0.2, 0.25) is 0 Å². The summed E-state index contributed by atoms with van der Waals surface area (Å²) in [7, 11) is 0. The van der Waals surface area contributed by atoms with Crippen molar-refractivity contribution in [3.8, 4) is 5.75 Å². The maximum atomic E-state index is 5.92. The lowest BCUT2D eigenvalue weighted by Gasteiger charge is -2.29. The van der Waals surface area contributed by atoms with Crippen LogP contribution in [-0.4, -0.2) is 13.2 Å². The number of hydrogen-bond acceptors (Lipinski definition) is 2. The Kier molecular flexibility index (Phi) is 5.90. The van der Waals surface area contributed by atoms with E-state index in [1.807, 2.05) is 0 Å². The number of benzene rings is 1. The molecule has 0 amide bonds. The molecule has 1 unspecified atom stereocenters. The fraction of sp³-hybridized carbons (Fsp3) is 0.667. The summed E-state index contributed by atoms with van der Waals surface area (Å²) in [5, 5.41) is 3.72. The van der Waals surface area contributed by atoms with Crippen molar-refractivity contribution in [2.24, 2.45) is 5.92 Å². The molecule has 0 fully saturated rings. The van der Waals surface area contributed by atoms with Gasteiger partial charge in [0.15, 0.2) is 0 Å². The predicted octanol–water partition coefficient (Wildman–Crippen LogP) is 4.49. The summed E-state index contributed by atoms with van der Waals surface area (Å²) in [6.07, 6.45) is 6.14. The van der Waals surface area contributed by atoms with Crippen LogP contribution in [0.5, 0.6) is 5.75 Å². The van der Waals surface area contributed by atoms with Crippen LogP contribution in [0.25, 0.3) is 0 Å². The number of fused-ring (bicyclic) bond motifs is 1. The molecule has 0 radical (unpaired) electrons. The van der Waals surface area contributed by atoms with Crippen molar-refractivity contribution in [2.45, 2.75) is 58.9 Å². The minimum absolute atomic E-state index is 0.438. The highest BCUT2D eigenvalue weighted by molar-refractivity contribution is 5.45. The second kappa shape index (κ2) is 7.68. The molecule has 1 heterocycles. The molecule has 1 aliphatic heterocycles. The SMILES string of the molecule is CCCC(CCC)C(NCC)c1cccc2c1OCC2. The average Bonchev–Trinajstić information content (AvgIpc) is 2.93. The molecule has 1 aromatic carbocycles. The van der Waals surface area contributed by atoms with Crippen LogP contribution in [-0.2, 0) is 6.42 Å². The molecule has 1 atom stereocenters. The van der Waals surface area contributed by atoms with Crippen LogP contribution in [0.1, 0.15) is 63.6 Å². The zero-order valence-electron chi connectivity index (χ0n) is 13.2. The number of ether oxygens (including phenoxy) is 1. The van der Waals surface area contributed by atoms with Gasteiger partial charge in [0.05, 0.1) is 6.61 Å². The lowest BCUT2D eigenvalue weighted by Crippen LogP contribution is -2.28. The summed E-state index contributed by atoms with van der Waals surface area (Å²) in [4.78, 5) is 0. The van der Waals surface area contributed by atoms with Crippen molar-refractivity contribution in [1.29, 1.82) is 0 Å². The van der Waals surface area contributed by atoms with Gasteiger partial charge in [0, 0.05) is 18.0 Å². The highest BCUT2D eigenvalue weighted by atomic mass is 16.5. The van der Waals surface area contributed by atoms with Crippen LogP contribution in [0.15, 0.2) is 18.2 Å². The monoisotopic (exact) mass is 275 g/mol. The molecule has 112 valence electrons. The molecule has 0 aromatic heterocycles. The van der Waals surface area contributed by atoms with E-state index in [1.54, 1.807) is 0 Å². The van der Waals surface area contributed by atoms with Crippen molar-refractivity contribution in [1.82, 2.24) is 5.32 Å². The van der Waals surface area contributed by atoms with E-state index in [0.29, 0.717) is 12.0 Å². The third kappa shape index (κ3) is 3.35. The van der Waals surface area contributed by atoms with Gasteiger partial charge in [-0.3, -0.25) is 0 Å². The smallest absolute Gasteiger partial charge is 0.127 e. The minimum atomic E-state index is 0.438. The second-order valence-corrected chi connectivity index (χ2v) is 5.81. The van der Waals surface area contributed by atoms with E-state index < -0.39 is 0 Å². The van der Waals surface area contributed by atoms with Gasteiger partial charge in [-0.25, -0.2) is 0 Å². The fourth-order valence-electron chi connectivity index (χ4n) is 3.46. The van der Waals surface area contributed by atoms with Crippen LogP contribution in [0.4, 0.5) is 0 Å². The number of hydrogen-bond donors (Lipinski definition) is 1. The average molecular weight is 275 g/mol. The van der Waals surface area contributed by atoms with Crippen molar-refractivity contribution in [3.05, 3.63) is 29.3 Å². The second-order valence-electron chi connectivity index (χ2n) is 5.81. The first-order valence-corrected chi connectivity index (χ1v) is 8.29. The van der Waals surface area contributed by atoms with Gasteiger partial charge in [-0.15, -0.1) is 0 Å².